The molecule has 2 aromatic rings. The minimum absolute atomic E-state index is 0.189. The van der Waals surface area contributed by atoms with Crippen molar-refractivity contribution in [3.63, 3.8) is 0 Å². The predicted molar refractivity (Wildman–Crippen MR) is 114 cm³/mol. The van der Waals surface area contributed by atoms with E-state index in [9.17, 15) is 4.79 Å². The van der Waals surface area contributed by atoms with Crippen LogP contribution in [0.2, 0.25) is 0 Å². The monoisotopic (exact) mass is 447 g/mol. The lowest BCUT2D eigenvalue weighted by molar-refractivity contribution is -0.141. The Bertz CT molecular complexity index is 796. The first-order chi connectivity index (χ1) is 13.5. The van der Waals surface area contributed by atoms with Crippen LogP contribution in [0, 0.1) is 5.92 Å². The maximum Gasteiger partial charge on any atom is 0.319 e. The number of rotatable bonds is 7. The summed E-state index contributed by atoms with van der Waals surface area (Å²) in [6, 6.07) is 9.98. The van der Waals surface area contributed by atoms with Crippen LogP contribution in [0.3, 0.4) is 0 Å². The number of likely N-dealkylation sites (N-methyl/N-ethyl adjacent to an activating group) is 1. The van der Waals surface area contributed by atoms with Gasteiger partial charge in [0.1, 0.15) is 18.0 Å². The molecule has 3 rings (SSSR count). The van der Waals surface area contributed by atoms with Gasteiger partial charge in [0.05, 0.1) is 13.7 Å². The number of carbonyl (C=O) groups is 1. The molecule has 0 spiro atoms. The lowest BCUT2D eigenvalue weighted by atomic mass is 9.96. The smallest absolute Gasteiger partial charge is 0.319 e. The van der Waals surface area contributed by atoms with Crippen LogP contribution in [0.25, 0.3) is 0 Å². The van der Waals surface area contributed by atoms with Gasteiger partial charge in [0.2, 0.25) is 0 Å². The van der Waals surface area contributed by atoms with E-state index in [0.717, 1.165) is 54.3 Å². The number of piperidine rings is 1. The molecule has 1 aliphatic rings. The number of nitrogens with zero attached hydrogens (tertiary/aromatic N) is 4. The molecule has 1 aliphatic heterocycles. The van der Waals surface area contributed by atoms with Crippen molar-refractivity contribution in [2.45, 2.75) is 12.8 Å². The molecule has 0 saturated carbocycles. The highest BCUT2D eigenvalue weighted by atomic mass is 79.9. The average molecular weight is 448 g/mol. The number of carbonyl (C=O) groups excluding carboxylic acids is 1. The number of nitrogens with one attached hydrogen (secondary N) is 1. The highest BCUT2D eigenvalue weighted by Crippen LogP contribution is 2.25. The zero-order valence-corrected chi connectivity index (χ0v) is 17.9. The van der Waals surface area contributed by atoms with Gasteiger partial charge in [0.15, 0.2) is 0 Å². The Kier molecular flexibility index (Phi) is 7.22. The van der Waals surface area contributed by atoms with Crippen LogP contribution in [0.15, 0.2) is 41.1 Å². The SMILES string of the molecule is COC(=O)CN(C)CC1CCN(c2cc(Nc3cccc(Br)c3)ncn2)CC1. The molecule has 28 heavy (non-hydrogen) atoms. The Balaban J connectivity index is 1.54. The predicted octanol–water partition coefficient (Wildman–Crippen LogP) is 3.30. The molecule has 2 heterocycles. The number of hydrogen-bond donors (Lipinski definition) is 1. The van der Waals surface area contributed by atoms with Gasteiger partial charge in [-0.25, -0.2) is 9.97 Å². The highest BCUT2D eigenvalue weighted by molar-refractivity contribution is 9.10. The summed E-state index contributed by atoms with van der Waals surface area (Å²) < 4.78 is 5.75. The molecule has 0 bridgehead atoms. The molecular weight excluding hydrogens is 422 g/mol. The van der Waals surface area contributed by atoms with E-state index in [1.807, 2.05) is 42.3 Å². The molecule has 1 fully saturated rings. The van der Waals surface area contributed by atoms with E-state index in [1.54, 1.807) is 6.33 Å². The van der Waals surface area contributed by atoms with E-state index >= 15 is 0 Å². The minimum Gasteiger partial charge on any atom is -0.468 e. The summed E-state index contributed by atoms with van der Waals surface area (Å²) in [5, 5.41) is 3.32. The number of esters is 1. The van der Waals surface area contributed by atoms with Crippen molar-refractivity contribution < 1.29 is 9.53 Å². The Labute approximate surface area is 174 Å². The Hall–Kier alpha value is -2.19. The van der Waals surface area contributed by atoms with Gasteiger partial charge in [-0.2, -0.15) is 0 Å². The van der Waals surface area contributed by atoms with Gasteiger partial charge < -0.3 is 15.0 Å². The second kappa shape index (κ2) is 9.84. The Morgan fingerprint density at radius 1 is 1.32 bits per heavy atom. The van der Waals surface area contributed by atoms with E-state index in [0.29, 0.717) is 12.5 Å². The fourth-order valence-electron chi connectivity index (χ4n) is 3.44. The van der Waals surface area contributed by atoms with Crippen LogP contribution < -0.4 is 10.2 Å². The third-order valence-corrected chi connectivity index (χ3v) is 5.38. The van der Waals surface area contributed by atoms with Gasteiger partial charge in [0.25, 0.3) is 0 Å². The molecule has 8 heteroatoms. The highest BCUT2D eigenvalue weighted by Gasteiger charge is 2.22. The quantitative estimate of drug-likeness (QED) is 0.652. The number of ether oxygens (including phenoxy) is 1. The van der Waals surface area contributed by atoms with Crippen LogP contribution in [-0.2, 0) is 9.53 Å². The molecule has 0 atom stereocenters. The molecule has 1 aromatic carbocycles. The van der Waals surface area contributed by atoms with Gasteiger partial charge in [-0.05, 0) is 44.0 Å². The summed E-state index contributed by atoms with van der Waals surface area (Å²) in [6.07, 6.45) is 3.75. The van der Waals surface area contributed by atoms with Crippen molar-refractivity contribution >= 4 is 39.2 Å². The normalized spacial score (nSPS) is 14.9. The van der Waals surface area contributed by atoms with Crippen molar-refractivity contribution in [3.05, 3.63) is 41.1 Å². The molecule has 0 amide bonds. The summed E-state index contributed by atoms with van der Waals surface area (Å²) in [7, 11) is 3.39. The number of benzene rings is 1. The lowest BCUT2D eigenvalue weighted by Crippen LogP contribution is -2.39. The van der Waals surface area contributed by atoms with Gasteiger partial charge in [0, 0.05) is 35.9 Å². The van der Waals surface area contributed by atoms with Crippen LogP contribution in [0.5, 0.6) is 0 Å². The molecule has 7 nitrogen and oxygen atoms in total. The van der Waals surface area contributed by atoms with E-state index in [1.165, 1.54) is 7.11 Å². The summed E-state index contributed by atoms with van der Waals surface area (Å²) >= 11 is 3.48. The number of hydrogen-bond acceptors (Lipinski definition) is 7. The first-order valence-electron chi connectivity index (χ1n) is 9.38. The Morgan fingerprint density at radius 2 is 2.11 bits per heavy atom. The molecule has 0 aliphatic carbocycles. The van der Waals surface area contributed by atoms with Gasteiger partial charge >= 0.3 is 5.97 Å². The van der Waals surface area contributed by atoms with Crippen LogP contribution in [0.4, 0.5) is 17.3 Å². The molecular formula is C20H26BrN5O2. The van der Waals surface area contributed by atoms with Crippen molar-refractivity contribution in [2.24, 2.45) is 5.92 Å². The molecule has 1 aromatic heterocycles. The fraction of sp³-hybridized carbons (Fsp3) is 0.450. The minimum atomic E-state index is -0.189. The second-order valence-corrected chi connectivity index (χ2v) is 8.02. The zero-order valence-electron chi connectivity index (χ0n) is 16.3. The van der Waals surface area contributed by atoms with Gasteiger partial charge in [-0.1, -0.05) is 22.0 Å². The van der Waals surface area contributed by atoms with Crippen molar-refractivity contribution in [1.29, 1.82) is 0 Å². The Morgan fingerprint density at radius 3 is 2.82 bits per heavy atom. The summed E-state index contributed by atoms with van der Waals surface area (Å²) in [5.41, 5.74) is 0.978. The first kappa shape index (κ1) is 20.5. The number of aromatic nitrogens is 2. The molecule has 1 saturated heterocycles. The van der Waals surface area contributed by atoms with Crippen LogP contribution in [0.1, 0.15) is 12.8 Å². The van der Waals surface area contributed by atoms with E-state index in [2.05, 4.69) is 36.1 Å². The molecule has 1 N–H and O–H groups in total. The largest absolute Gasteiger partial charge is 0.468 e. The first-order valence-corrected chi connectivity index (χ1v) is 10.2. The molecule has 150 valence electrons. The van der Waals surface area contributed by atoms with E-state index < -0.39 is 0 Å². The third kappa shape index (κ3) is 5.90. The summed E-state index contributed by atoms with van der Waals surface area (Å²) in [5.74, 6) is 2.11. The third-order valence-electron chi connectivity index (χ3n) is 4.88. The molecule has 0 unspecified atom stereocenters. The van der Waals surface area contributed by atoms with Crippen LogP contribution >= 0.6 is 15.9 Å². The number of anilines is 3. The maximum absolute atomic E-state index is 11.4. The zero-order chi connectivity index (χ0) is 19.9. The van der Waals surface area contributed by atoms with E-state index in [4.69, 9.17) is 4.74 Å². The van der Waals surface area contributed by atoms with Gasteiger partial charge in [-0.15, -0.1) is 0 Å². The summed E-state index contributed by atoms with van der Waals surface area (Å²) in [4.78, 5) is 24.5. The van der Waals surface area contributed by atoms with Gasteiger partial charge in [-0.3, -0.25) is 9.69 Å². The van der Waals surface area contributed by atoms with Crippen molar-refractivity contribution in [2.75, 3.05) is 50.6 Å². The maximum atomic E-state index is 11.4. The van der Waals surface area contributed by atoms with Crippen molar-refractivity contribution in [1.82, 2.24) is 14.9 Å². The molecule has 0 radical (unpaired) electrons. The second-order valence-electron chi connectivity index (χ2n) is 7.10. The topological polar surface area (TPSA) is 70.6 Å². The lowest BCUT2D eigenvalue weighted by Gasteiger charge is -2.34. The fourth-order valence-corrected chi connectivity index (χ4v) is 3.84. The standard InChI is InChI=1S/C20H26BrN5O2/c1-25(13-20(27)28-2)12-15-6-8-26(9-7-15)19-11-18(22-14-23-19)24-17-5-3-4-16(21)10-17/h3-5,10-11,14-15H,6-9,12-13H2,1-2H3,(H,22,23,24). The number of halogens is 1. The van der Waals surface area contributed by atoms with Crippen LogP contribution in [-0.4, -0.2) is 61.2 Å². The summed E-state index contributed by atoms with van der Waals surface area (Å²) in [6.45, 7) is 3.14. The van der Waals surface area contributed by atoms with Crippen molar-refractivity contribution in [3.8, 4) is 0 Å². The average Bonchev–Trinajstić information content (AvgIpc) is 2.68. The number of methoxy groups -OCH3 is 1. The van der Waals surface area contributed by atoms with E-state index in [-0.39, 0.29) is 5.97 Å².